The van der Waals surface area contributed by atoms with E-state index in [1.165, 1.54) is 0 Å². The zero-order valence-corrected chi connectivity index (χ0v) is 7.29. The quantitative estimate of drug-likeness (QED) is 0.703. The van der Waals surface area contributed by atoms with E-state index in [-0.39, 0.29) is 11.9 Å². The minimum absolute atomic E-state index is 0.0955. The van der Waals surface area contributed by atoms with Crippen LogP contribution in [0, 0.1) is 0 Å². The van der Waals surface area contributed by atoms with E-state index in [1.807, 2.05) is 13.8 Å². The highest BCUT2D eigenvalue weighted by atomic mass is 16.2. The van der Waals surface area contributed by atoms with Crippen LogP contribution in [0.25, 0.3) is 0 Å². The fourth-order valence-electron chi connectivity index (χ4n) is 0.786. The summed E-state index contributed by atoms with van der Waals surface area (Å²) in [7, 11) is 0. The van der Waals surface area contributed by atoms with Crippen molar-refractivity contribution in [3.8, 4) is 0 Å². The highest BCUT2D eigenvalue weighted by molar-refractivity contribution is 5.92. The van der Waals surface area contributed by atoms with Crippen LogP contribution in [0.2, 0.25) is 0 Å². The largest absolute Gasteiger partial charge is 0.348 e. The Bertz CT molecular complexity index is 243. The van der Waals surface area contributed by atoms with E-state index in [2.05, 4.69) is 15.5 Å². The maximum atomic E-state index is 11.3. The molecule has 4 nitrogen and oxygen atoms in total. The molecule has 1 rings (SSSR count). The fraction of sp³-hybridized carbons (Fsp3) is 0.500. The van der Waals surface area contributed by atoms with Gasteiger partial charge in [-0.3, -0.25) is 9.89 Å². The molecule has 0 saturated heterocycles. The molecule has 2 N–H and O–H groups in total. The normalized spacial score (nSPS) is 12.5. The van der Waals surface area contributed by atoms with Gasteiger partial charge in [-0.05, 0) is 19.4 Å². The number of aromatic nitrogens is 2. The van der Waals surface area contributed by atoms with Crippen LogP contribution in [0.4, 0.5) is 0 Å². The molecule has 0 bridgehead atoms. The van der Waals surface area contributed by atoms with Crippen molar-refractivity contribution in [2.45, 2.75) is 26.3 Å². The summed E-state index contributed by atoms with van der Waals surface area (Å²) >= 11 is 0. The van der Waals surface area contributed by atoms with Crippen LogP contribution in [0.3, 0.4) is 0 Å². The van der Waals surface area contributed by atoms with Gasteiger partial charge >= 0.3 is 0 Å². The van der Waals surface area contributed by atoms with Gasteiger partial charge in [-0.2, -0.15) is 5.10 Å². The van der Waals surface area contributed by atoms with Crippen molar-refractivity contribution in [3.63, 3.8) is 0 Å². The average molecular weight is 167 g/mol. The van der Waals surface area contributed by atoms with E-state index in [0.29, 0.717) is 5.69 Å². The molecule has 0 radical (unpaired) electrons. The Morgan fingerprint density at radius 3 is 3.08 bits per heavy atom. The van der Waals surface area contributed by atoms with Crippen LogP contribution < -0.4 is 5.32 Å². The van der Waals surface area contributed by atoms with Crippen molar-refractivity contribution in [3.05, 3.63) is 18.0 Å². The molecule has 0 spiro atoms. The van der Waals surface area contributed by atoms with Gasteiger partial charge in [0.25, 0.3) is 5.91 Å². The van der Waals surface area contributed by atoms with Gasteiger partial charge in [-0.25, -0.2) is 0 Å². The zero-order valence-electron chi connectivity index (χ0n) is 7.29. The number of H-pyrrole nitrogens is 1. The Kier molecular flexibility index (Phi) is 2.85. The Hall–Kier alpha value is -1.32. The first-order valence-electron chi connectivity index (χ1n) is 4.04. The van der Waals surface area contributed by atoms with Crippen molar-refractivity contribution in [1.82, 2.24) is 15.5 Å². The van der Waals surface area contributed by atoms with Gasteiger partial charge in [0.05, 0.1) is 0 Å². The number of carbonyl (C=O) groups excluding carboxylic acids is 1. The number of rotatable bonds is 3. The lowest BCUT2D eigenvalue weighted by Gasteiger charge is -2.09. The highest BCUT2D eigenvalue weighted by Gasteiger charge is 2.08. The summed E-state index contributed by atoms with van der Waals surface area (Å²) < 4.78 is 0. The van der Waals surface area contributed by atoms with Gasteiger partial charge in [0.2, 0.25) is 0 Å². The molecule has 1 aromatic heterocycles. The number of nitrogens with zero attached hydrogens (tertiary/aromatic N) is 1. The smallest absolute Gasteiger partial charge is 0.269 e. The maximum absolute atomic E-state index is 11.3. The molecule has 0 aliphatic carbocycles. The van der Waals surface area contributed by atoms with Crippen LogP contribution in [-0.4, -0.2) is 22.1 Å². The van der Waals surface area contributed by atoms with Crippen molar-refractivity contribution >= 4 is 5.91 Å². The van der Waals surface area contributed by atoms with Crippen LogP contribution in [-0.2, 0) is 0 Å². The molecule has 12 heavy (non-hydrogen) atoms. The summed E-state index contributed by atoms with van der Waals surface area (Å²) in [5, 5.41) is 9.12. The standard InChI is InChI=1S/C8H13N3O/c1-3-6(2)10-8(12)7-4-5-9-11-7/h4-6H,3H2,1-2H3,(H,9,11)(H,10,12)/t6-/m0/s1. The Balaban J connectivity index is 2.50. The van der Waals surface area contributed by atoms with E-state index in [0.717, 1.165) is 6.42 Å². The molecule has 66 valence electrons. The number of aromatic amines is 1. The molecular weight excluding hydrogens is 154 g/mol. The minimum atomic E-state index is -0.0955. The number of carbonyl (C=O) groups is 1. The lowest BCUT2D eigenvalue weighted by molar-refractivity contribution is 0.0934. The zero-order chi connectivity index (χ0) is 8.97. The molecule has 0 aliphatic rings. The van der Waals surface area contributed by atoms with Gasteiger partial charge in [0, 0.05) is 12.2 Å². The lowest BCUT2D eigenvalue weighted by Crippen LogP contribution is -2.32. The second-order valence-corrected chi connectivity index (χ2v) is 2.75. The Morgan fingerprint density at radius 1 is 1.83 bits per heavy atom. The third-order valence-electron chi connectivity index (χ3n) is 1.74. The number of hydrogen-bond acceptors (Lipinski definition) is 2. The first-order chi connectivity index (χ1) is 5.74. The summed E-state index contributed by atoms with van der Waals surface area (Å²) in [6.07, 6.45) is 2.49. The minimum Gasteiger partial charge on any atom is -0.348 e. The van der Waals surface area contributed by atoms with Gasteiger partial charge in [0.15, 0.2) is 0 Å². The molecule has 1 atom stereocenters. The monoisotopic (exact) mass is 167 g/mol. The van der Waals surface area contributed by atoms with Crippen LogP contribution in [0.1, 0.15) is 30.8 Å². The topological polar surface area (TPSA) is 57.8 Å². The van der Waals surface area contributed by atoms with E-state index in [4.69, 9.17) is 0 Å². The molecule has 1 amide bonds. The van der Waals surface area contributed by atoms with Crippen LogP contribution in [0.15, 0.2) is 12.3 Å². The highest BCUT2D eigenvalue weighted by Crippen LogP contribution is 1.94. The molecule has 0 saturated carbocycles. The molecular formula is C8H13N3O. The molecule has 0 unspecified atom stereocenters. The SMILES string of the molecule is CC[C@H](C)NC(=O)c1ccn[nH]1. The summed E-state index contributed by atoms with van der Waals surface area (Å²) in [4.78, 5) is 11.3. The molecule has 0 fully saturated rings. The van der Waals surface area contributed by atoms with Crippen LogP contribution >= 0.6 is 0 Å². The van der Waals surface area contributed by atoms with Gasteiger partial charge in [0.1, 0.15) is 5.69 Å². The van der Waals surface area contributed by atoms with Gasteiger partial charge in [-0.1, -0.05) is 6.92 Å². The van der Waals surface area contributed by atoms with Crippen molar-refractivity contribution in [2.24, 2.45) is 0 Å². The molecule has 4 heteroatoms. The summed E-state index contributed by atoms with van der Waals surface area (Å²) in [6, 6.07) is 1.86. The van der Waals surface area contributed by atoms with Crippen molar-refractivity contribution in [2.75, 3.05) is 0 Å². The third kappa shape index (κ3) is 2.08. The number of nitrogens with one attached hydrogen (secondary N) is 2. The maximum Gasteiger partial charge on any atom is 0.269 e. The third-order valence-corrected chi connectivity index (χ3v) is 1.74. The van der Waals surface area contributed by atoms with E-state index >= 15 is 0 Å². The van der Waals surface area contributed by atoms with E-state index in [9.17, 15) is 4.79 Å². The molecule has 0 aliphatic heterocycles. The summed E-state index contributed by atoms with van der Waals surface area (Å²) in [5.74, 6) is -0.0955. The van der Waals surface area contributed by atoms with E-state index < -0.39 is 0 Å². The number of hydrogen-bond donors (Lipinski definition) is 2. The first kappa shape index (κ1) is 8.77. The predicted molar refractivity (Wildman–Crippen MR) is 45.8 cm³/mol. The van der Waals surface area contributed by atoms with Crippen molar-refractivity contribution in [1.29, 1.82) is 0 Å². The average Bonchev–Trinajstić information content (AvgIpc) is 2.56. The lowest BCUT2D eigenvalue weighted by atomic mass is 10.2. The number of amides is 1. The van der Waals surface area contributed by atoms with Gasteiger partial charge < -0.3 is 5.32 Å². The molecule has 0 aromatic carbocycles. The fourth-order valence-corrected chi connectivity index (χ4v) is 0.786. The van der Waals surface area contributed by atoms with Crippen LogP contribution in [0.5, 0.6) is 0 Å². The summed E-state index contributed by atoms with van der Waals surface area (Å²) in [5.41, 5.74) is 0.510. The molecule has 1 aromatic rings. The second-order valence-electron chi connectivity index (χ2n) is 2.75. The predicted octanol–water partition coefficient (Wildman–Crippen LogP) is 0.938. The van der Waals surface area contributed by atoms with Crippen molar-refractivity contribution < 1.29 is 4.79 Å². The van der Waals surface area contributed by atoms with Gasteiger partial charge in [-0.15, -0.1) is 0 Å². The Labute approximate surface area is 71.4 Å². The summed E-state index contributed by atoms with van der Waals surface area (Å²) in [6.45, 7) is 3.99. The second kappa shape index (κ2) is 3.90. The van der Waals surface area contributed by atoms with E-state index in [1.54, 1.807) is 12.3 Å². The Morgan fingerprint density at radius 2 is 2.58 bits per heavy atom. The first-order valence-corrected chi connectivity index (χ1v) is 4.04. The molecule has 1 heterocycles.